The number of anilines is 2. The molecule has 6 heteroatoms. The largest absolute Gasteiger partial charge is 0.396 e. The number of hydrogen-bond acceptors (Lipinski definition) is 6. The number of aromatic nitrogens is 1. The smallest absolute Gasteiger partial charge is 0.151 e. The average Bonchev–Trinajstić information content (AvgIpc) is 2.52. The second kappa shape index (κ2) is 8.81. The molecule has 2 heterocycles. The van der Waals surface area contributed by atoms with E-state index in [0.29, 0.717) is 13.2 Å². The third-order valence-corrected chi connectivity index (χ3v) is 3.68. The maximum atomic E-state index is 5.98. The maximum Gasteiger partial charge on any atom is 0.151 e. The van der Waals surface area contributed by atoms with Crippen LogP contribution in [0.25, 0.3) is 0 Å². The SMILES string of the molecule is COCCOCCCN1CCN(c2ncccc2N)CC1. The van der Waals surface area contributed by atoms with E-state index in [0.717, 1.165) is 57.3 Å². The van der Waals surface area contributed by atoms with E-state index in [2.05, 4.69) is 14.8 Å². The number of rotatable bonds is 8. The van der Waals surface area contributed by atoms with Gasteiger partial charge in [0.25, 0.3) is 0 Å². The van der Waals surface area contributed by atoms with Crippen molar-refractivity contribution in [2.24, 2.45) is 0 Å². The van der Waals surface area contributed by atoms with Gasteiger partial charge in [0, 0.05) is 52.6 Å². The average molecular weight is 294 g/mol. The van der Waals surface area contributed by atoms with E-state index >= 15 is 0 Å². The highest BCUT2D eigenvalue weighted by Gasteiger charge is 2.18. The molecule has 1 fully saturated rings. The summed E-state index contributed by atoms with van der Waals surface area (Å²) in [5.41, 5.74) is 6.74. The van der Waals surface area contributed by atoms with E-state index in [1.807, 2.05) is 12.1 Å². The van der Waals surface area contributed by atoms with Crippen LogP contribution >= 0.6 is 0 Å². The molecule has 0 amide bonds. The first-order valence-corrected chi connectivity index (χ1v) is 7.55. The van der Waals surface area contributed by atoms with Crippen LogP contribution in [0, 0.1) is 0 Å². The van der Waals surface area contributed by atoms with E-state index in [9.17, 15) is 0 Å². The predicted octanol–water partition coefficient (Wildman–Crippen LogP) is 0.839. The van der Waals surface area contributed by atoms with Gasteiger partial charge in [0.2, 0.25) is 0 Å². The zero-order valence-electron chi connectivity index (χ0n) is 12.8. The molecule has 6 nitrogen and oxygen atoms in total. The minimum Gasteiger partial charge on any atom is -0.396 e. The van der Waals surface area contributed by atoms with E-state index in [4.69, 9.17) is 15.2 Å². The van der Waals surface area contributed by atoms with Crippen molar-refractivity contribution in [3.8, 4) is 0 Å². The van der Waals surface area contributed by atoms with Crippen LogP contribution in [0.3, 0.4) is 0 Å². The summed E-state index contributed by atoms with van der Waals surface area (Å²) in [7, 11) is 1.69. The third kappa shape index (κ3) is 5.15. The quantitative estimate of drug-likeness (QED) is 0.717. The van der Waals surface area contributed by atoms with Crippen molar-refractivity contribution in [1.82, 2.24) is 9.88 Å². The Balaban J connectivity index is 1.63. The number of pyridine rings is 1. The molecule has 0 aromatic carbocycles. The van der Waals surface area contributed by atoms with Crippen molar-refractivity contribution in [2.75, 3.05) is 70.3 Å². The van der Waals surface area contributed by atoms with Crippen LogP contribution in [0.1, 0.15) is 6.42 Å². The summed E-state index contributed by atoms with van der Waals surface area (Å²) in [4.78, 5) is 9.11. The lowest BCUT2D eigenvalue weighted by atomic mass is 10.2. The van der Waals surface area contributed by atoms with E-state index in [1.54, 1.807) is 13.3 Å². The Morgan fingerprint density at radius 3 is 2.71 bits per heavy atom. The van der Waals surface area contributed by atoms with Gasteiger partial charge < -0.3 is 20.1 Å². The molecule has 1 aliphatic rings. The lowest BCUT2D eigenvalue weighted by Gasteiger charge is -2.35. The second-order valence-electron chi connectivity index (χ2n) is 5.20. The van der Waals surface area contributed by atoms with Crippen LogP contribution in [0.5, 0.6) is 0 Å². The molecule has 2 N–H and O–H groups in total. The molecule has 21 heavy (non-hydrogen) atoms. The molecule has 118 valence electrons. The molecule has 1 aromatic heterocycles. The second-order valence-corrected chi connectivity index (χ2v) is 5.20. The van der Waals surface area contributed by atoms with Crippen LogP contribution in [0.2, 0.25) is 0 Å². The number of nitrogen functional groups attached to an aromatic ring is 1. The number of nitrogens with zero attached hydrogens (tertiary/aromatic N) is 3. The molecule has 1 aromatic rings. The number of hydrogen-bond donors (Lipinski definition) is 1. The highest BCUT2D eigenvalue weighted by molar-refractivity contribution is 5.62. The maximum absolute atomic E-state index is 5.98. The molecule has 1 aliphatic heterocycles. The lowest BCUT2D eigenvalue weighted by Crippen LogP contribution is -2.47. The minimum absolute atomic E-state index is 0.671. The number of piperazine rings is 1. The molecule has 0 radical (unpaired) electrons. The van der Waals surface area contributed by atoms with Crippen LogP contribution < -0.4 is 10.6 Å². The Kier molecular flexibility index (Phi) is 6.72. The Bertz CT molecular complexity index is 408. The van der Waals surface area contributed by atoms with Gasteiger partial charge in [0.15, 0.2) is 5.82 Å². The molecule has 0 aliphatic carbocycles. The molecule has 1 saturated heterocycles. The Hall–Kier alpha value is -1.37. The van der Waals surface area contributed by atoms with Crippen molar-refractivity contribution in [2.45, 2.75) is 6.42 Å². The molecular weight excluding hydrogens is 268 g/mol. The normalized spacial score (nSPS) is 16.3. The fraction of sp³-hybridized carbons (Fsp3) is 0.667. The summed E-state index contributed by atoms with van der Waals surface area (Å²) >= 11 is 0. The molecule has 0 spiro atoms. The highest BCUT2D eigenvalue weighted by atomic mass is 16.5. The van der Waals surface area contributed by atoms with Gasteiger partial charge in [-0.05, 0) is 18.6 Å². The van der Waals surface area contributed by atoms with Gasteiger partial charge in [0.05, 0.1) is 18.9 Å². The first-order valence-electron chi connectivity index (χ1n) is 7.55. The van der Waals surface area contributed by atoms with E-state index < -0.39 is 0 Å². The minimum atomic E-state index is 0.671. The van der Waals surface area contributed by atoms with Crippen LogP contribution in [-0.4, -0.2) is 69.5 Å². The fourth-order valence-electron chi connectivity index (χ4n) is 2.49. The van der Waals surface area contributed by atoms with Crippen LogP contribution in [0.4, 0.5) is 11.5 Å². The van der Waals surface area contributed by atoms with Gasteiger partial charge >= 0.3 is 0 Å². The van der Waals surface area contributed by atoms with Gasteiger partial charge in [0.1, 0.15) is 0 Å². The Morgan fingerprint density at radius 1 is 1.19 bits per heavy atom. The molecular formula is C15H26N4O2. The van der Waals surface area contributed by atoms with Gasteiger partial charge in [-0.1, -0.05) is 0 Å². The van der Waals surface area contributed by atoms with Gasteiger partial charge in [-0.3, -0.25) is 4.90 Å². The van der Waals surface area contributed by atoms with E-state index in [-0.39, 0.29) is 0 Å². The van der Waals surface area contributed by atoms with Gasteiger partial charge in [-0.2, -0.15) is 0 Å². The third-order valence-electron chi connectivity index (χ3n) is 3.68. The Labute approximate surface area is 126 Å². The molecule has 0 atom stereocenters. The molecule has 0 unspecified atom stereocenters. The van der Waals surface area contributed by atoms with Crippen molar-refractivity contribution >= 4 is 11.5 Å². The van der Waals surface area contributed by atoms with Crippen molar-refractivity contribution in [1.29, 1.82) is 0 Å². The predicted molar refractivity (Wildman–Crippen MR) is 84.6 cm³/mol. The van der Waals surface area contributed by atoms with Gasteiger partial charge in [-0.25, -0.2) is 4.98 Å². The van der Waals surface area contributed by atoms with Crippen molar-refractivity contribution < 1.29 is 9.47 Å². The first kappa shape index (κ1) is 16.0. The number of ether oxygens (including phenoxy) is 2. The summed E-state index contributed by atoms with van der Waals surface area (Å²) in [6, 6.07) is 3.78. The number of nitrogens with two attached hydrogens (primary N) is 1. The van der Waals surface area contributed by atoms with Crippen LogP contribution in [-0.2, 0) is 9.47 Å². The fourth-order valence-corrected chi connectivity index (χ4v) is 2.49. The molecule has 2 rings (SSSR count). The summed E-state index contributed by atoms with van der Waals surface area (Å²) in [6.45, 7) is 7.29. The van der Waals surface area contributed by atoms with Crippen molar-refractivity contribution in [3.63, 3.8) is 0 Å². The number of methoxy groups -OCH3 is 1. The topological polar surface area (TPSA) is 63.9 Å². The van der Waals surface area contributed by atoms with Crippen LogP contribution in [0.15, 0.2) is 18.3 Å². The monoisotopic (exact) mass is 294 g/mol. The zero-order chi connectivity index (χ0) is 14.9. The van der Waals surface area contributed by atoms with Crippen molar-refractivity contribution in [3.05, 3.63) is 18.3 Å². The molecule has 0 bridgehead atoms. The summed E-state index contributed by atoms with van der Waals surface area (Å²) in [5.74, 6) is 0.917. The zero-order valence-corrected chi connectivity index (χ0v) is 12.8. The first-order chi connectivity index (χ1) is 10.3. The molecule has 0 saturated carbocycles. The lowest BCUT2D eigenvalue weighted by molar-refractivity contribution is 0.0649. The summed E-state index contributed by atoms with van der Waals surface area (Å²) < 4.78 is 10.4. The summed E-state index contributed by atoms with van der Waals surface area (Å²) in [6.07, 6.45) is 2.87. The highest BCUT2D eigenvalue weighted by Crippen LogP contribution is 2.20. The standard InChI is InChI=1S/C15H26N4O2/c1-20-12-13-21-11-3-6-18-7-9-19(10-8-18)15-14(16)4-2-5-17-15/h2,4-5H,3,6-13,16H2,1H3. The van der Waals surface area contributed by atoms with E-state index in [1.165, 1.54) is 0 Å². The van der Waals surface area contributed by atoms with Gasteiger partial charge in [-0.15, -0.1) is 0 Å². The summed E-state index contributed by atoms with van der Waals surface area (Å²) in [5, 5.41) is 0. The Morgan fingerprint density at radius 2 is 2.00 bits per heavy atom.